The summed E-state index contributed by atoms with van der Waals surface area (Å²) < 4.78 is 20.5. The van der Waals surface area contributed by atoms with Crippen molar-refractivity contribution >= 4 is 40.1 Å². The van der Waals surface area contributed by atoms with Crippen LogP contribution in [0.3, 0.4) is 0 Å². The molecule has 2 amide bonds. The summed E-state index contributed by atoms with van der Waals surface area (Å²) in [6.07, 6.45) is 0. The van der Waals surface area contributed by atoms with Crippen molar-refractivity contribution in [1.29, 1.82) is 0 Å². The van der Waals surface area contributed by atoms with E-state index in [1.165, 1.54) is 44.6 Å². The van der Waals surface area contributed by atoms with Crippen molar-refractivity contribution in [1.82, 2.24) is 0 Å². The summed E-state index contributed by atoms with van der Waals surface area (Å²) in [5, 5.41) is 5.78. The van der Waals surface area contributed by atoms with E-state index in [4.69, 9.17) is 18.6 Å². The summed E-state index contributed by atoms with van der Waals surface area (Å²) in [6, 6.07) is 19.4. The Bertz CT molecular complexity index is 1530. The van der Waals surface area contributed by atoms with Crippen LogP contribution in [0.25, 0.3) is 11.0 Å². The lowest BCUT2D eigenvalue weighted by molar-refractivity contribution is -0.119. The van der Waals surface area contributed by atoms with Gasteiger partial charge in [-0.2, -0.15) is 0 Å². The van der Waals surface area contributed by atoms with E-state index >= 15 is 0 Å². The van der Waals surface area contributed by atoms with Gasteiger partial charge >= 0.3 is 11.6 Å². The molecule has 1 heterocycles. The van der Waals surface area contributed by atoms with Gasteiger partial charge in [-0.3, -0.25) is 9.59 Å². The van der Waals surface area contributed by atoms with Crippen LogP contribution in [0, 0.1) is 0 Å². The van der Waals surface area contributed by atoms with Crippen LogP contribution >= 0.6 is 0 Å². The zero-order valence-corrected chi connectivity index (χ0v) is 19.9. The minimum absolute atomic E-state index is 0.198. The monoisotopic (exact) mass is 502 g/mol. The highest BCUT2D eigenvalue weighted by Crippen LogP contribution is 2.25. The number of carbonyl (C=O) groups excluding carboxylic acids is 3. The van der Waals surface area contributed by atoms with Gasteiger partial charge in [0.25, 0.3) is 11.8 Å². The molecule has 10 nitrogen and oxygen atoms in total. The number of esters is 1. The van der Waals surface area contributed by atoms with Gasteiger partial charge in [-0.15, -0.1) is 0 Å². The summed E-state index contributed by atoms with van der Waals surface area (Å²) in [4.78, 5) is 49.4. The third-order valence-electron chi connectivity index (χ3n) is 5.28. The Morgan fingerprint density at radius 1 is 0.838 bits per heavy atom. The molecular formula is C27H22N2O8. The second-order valence-corrected chi connectivity index (χ2v) is 7.68. The molecule has 188 valence electrons. The minimum Gasteiger partial charge on any atom is -0.495 e. The molecule has 0 radical (unpaired) electrons. The van der Waals surface area contributed by atoms with Gasteiger partial charge in [0.1, 0.15) is 11.3 Å². The summed E-state index contributed by atoms with van der Waals surface area (Å²) in [7, 11) is 2.94. The van der Waals surface area contributed by atoms with Crippen molar-refractivity contribution in [2.24, 2.45) is 0 Å². The van der Waals surface area contributed by atoms with Crippen LogP contribution in [0.15, 0.2) is 82.0 Å². The molecule has 4 aromatic rings. The van der Waals surface area contributed by atoms with Crippen molar-refractivity contribution < 1.29 is 33.0 Å². The second-order valence-electron chi connectivity index (χ2n) is 7.68. The Balaban J connectivity index is 1.34. The van der Waals surface area contributed by atoms with Crippen LogP contribution in [0.1, 0.15) is 20.7 Å². The number of hydrogen-bond acceptors (Lipinski definition) is 8. The molecule has 0 unspecified atom stereocenters. The molecule has 0 aliphatic carbocycles. The number of nitrogens with one attached hydrogen (secondary N) is 2. The Morgan fingerprint density at radius 2 is 1.54 bits per heavy atom. The van der Waals surface area contributed by atoms with E-state index in [0.717, 1.165) is 0 Å². The van der Waals surface area contributed by atoms with E-state index in [-0.39, 0.29) is 17.1 Å². The molecule has 0 atom stereocenters. The molecule has 0 bridgehead atoms. The van der Waals surface area contributed by atoms with Crippen LogP contribution in [-0.4, -0.2) is 38.6 Å². The Morgan fingerprint density at radius 3 is 2.27 bits per heavy atom. The zero-order valence-electron chi connectivity index (χ0n) is 19.9. The molecule has 0 saturated carbocycles. The van der Waals surface area contributed by atoms with Crippen LogP contribution in [-0.2, 0) is 9.53 Å². The van der Waals surface area contributed by atoms with Gasteiger partial charge in [-0.1, -0.05) is 24.3 Å². The maximum absolute atomic E-state index is 12.5. The minimum atomic E-state index is -1.00. The van der Waals surface area contributed by atoms with Gasteiger partial charge in [0.15, 0.2) is 17.9 Å². The number of amides is 2. The van der Waals surface area contributed by atoms with Gasteiger partial charge in [-0.05, 0) is 48.5 Å². The van der Waals surface area contributed by atoms with Crippen molar-refractivity contribution in [3.63, 3.8) is 0 Å². The van der Waals surface area contributed by atoms with E-state index in [2.05, 4.69) is 10.6 Å². The molecular weight excluding hydrogens is 480 g/mol. The third-order valence-corrected chi connectivity index (χ3v) is 5.28. The van der Waals surface area contributed by atoms with Crippen molar-refractivity contribution in [3.05, 3.63) is 94.3 Å². The molecule has 37 heavy (non-hydrogen) atoms. The third kappa shape index (κ3) is 5.76. The summed E-state index contributed by atoms with van der Waals surface area (Å²) in [5.41, 5.74) is 0.198. The Hall–Kier alpha value is -5.12. The molecule has 10 heteroatoms. The number of para-hydroxylation sites is 3. The number of anilines is 2. The first kappa shape index (κ1) is 25.0. The molecule has 0 aliphatic heterocycles. The smallest absolute Gasteiger partial charge is 0.351 e. The molecule has 0 saturated heterocycles. The van der Waals surface area contributed by atoms with E-state index < -0.39 is 24.1 Å². The van der Waals surface area contributed by atoms with Gasteiger partial charge in [0.2, 0.25) is 0 Å². The zero-order chi connectivity index (χ0) is 26.4. The van der Waals surface area contributed by atoms with Crippen molar-refractivity contribution in [2.45, 2.75) is 0 Å². The van der Waals surface area contributed by atoms with E-state index in [0.29, 0.717) is 33.8 Å². The predicted octanol–water partition coefficient (Wildman–Crippen LogP) is 3.86. The number of benzene rings is 3. The first-order valence-electron chi connectivity index (χ1n) is 11.0. The number of ether oxygens (including phenoxy) is 3. The fraction of sp³-hybridized carbons (Fsp3) is 0.111. The lowest BCUT2D eigenvalue weighted by Crippen LogP contribution is -2.23. The van der Waals surface area contributed by atoms with E-state index in [9.17, 15) is 19.2 Å². The number of hydrogen-bond donors (Lipinski definition) is 2. The standard InChI is InChI=1S/C27H22N2O8/c1-34-21-8-4-3-7-20(21)29-25(31)16-10-12-18(13-11-16)28-23(30)15-36-26(32)19-14-17-6-5-9-22(35-2)24(17)37-27(19)33/h3-14H,15H2,1-2H3,(H,28,30)(H,29,31). The highest BCUT2D eigenvalue weighted by atomic mass is 16.5. The number of rotatable bonds is 8. The fourth-order valence-electron chi connectivity index (χ4n) is 3.47. The summed E-state index contributed by atoms with van der Waals surface area (Å²) in [5.74, 6) is -1.13. The highest BCUT2D eigenvalue weighted by molar-refractivity contribution is 6.05. The maximum atomic E-state index is 12.5. The number of methoxy groups -OCH3 is 2. The second kappa shape index (κ2) is 11.1. The van der Waals surface area contributed by atoms with Gasteiger partial charge in [-0.25, -0.2) is 9.59 Å². The predicted molar refractivity (Wildman–Crippen MR) is 135 cm³/mol. The van der Waals surface area contributed by atoms with Gasteiger partial charge < -0.3 is 29.3 Å². The van der Waals surface area contributed by atoms with Crippen LogP contribution in [0.4, 0.5) is 11.4 Å². The molecule has 3 aromatic carbocycles. The van der Waals surface area contributed by atoms with Crippen LogP contribution in [0.2, 0.25) is 0 Å². The maximum Gasteiger partial charge on any atom is 0.351 e. The molecule has 0 aliphatic rings. The van der Waals surface area contributed by atoms with Crippen molar-refractivity contribution in [3.8, 4) is 11.5 Å². The Labute approximate surface area is 210 Å². The lowest BCUT2D eigenvalue weighted by atomic mass is 10.2. The fourth-order valence-corrected chi connectivity index (χ4v) is 3.47. The quantitative estimate of drug-likeness (QED) is 0.274. The van der Waals surface area contributed by atoms with Crippen molar-refractivity contribution in [2.75, 3.05) is 31.5 Å². The Kier molecular flexibility index (Phi) is 7.48. The van der Waals surface area contributed by atoms with E-state index in [1.54, 1.807) is 42.5 Å². The first-order valence-corrected chi connectivity index (χ1v) is 11.0. The molecule has 2 N–H and O–H groups in total. The topological polar surface area (TPSA) is 133 Å². The van der Waals surface area contributed by atoms with E-state index in [1.807, 2.05) is 0 Å². The SMILES string of the molecule is COc1ccccc1NC(=O)c1ccc(NC(=O)COC(=O)c2cc3cccc(OC)c3oc2=O)cc1. The average Bonchev–Trinajstić information content (AvgIpc) is 2.91. The average molecular weight is 502 g/mol. The lowest BCUT2D eigenvalue weighted by Gasteiger charge is -2.10. The molecule has 0 spiro atoms. The molecule has 4 rings (SSSR count). The van der Waals surface area contributed by atoms with Crippen LogP contribution < -0.4 is 25.7 Å². The molecule has 0 fully saturated rings. The van der Waals surface area contributed by atoms with Gasteiger partial charge in [0.05, 0.1) is 19.9 Å². The largest absolute Gasteiger partial charge is 0.495 e. The first-order chi connectivity index (χ1) is 17.9. The summed E-state index contributed by atoms with van der Waals surface area (Å²) in [6.45, 7) is -0.634. The van der Waals surface area contributed by atoms with Crippen LogP contribution in [0.5, 0.6) is 11.5 Å². The number of fused-ring (bicyclic) bond motifs is 1. The highest BCUT2D eigenvalue weighted by Gasteiger charge is 2.18. The normalized spacial score (nSPS) is 10.4. The molecule has 1 aromatic heterocycles. The summed E-state index contributed by atoms with van der Waals surface area (Å²) >= 11 is 0. The van der Waals surface area contributed by atoms with Gasteiger partial charge in [0, 0.05) is 16.6 Å². The number of carbonyl (C=O) groups is 3.